The number of halogens is 1. The molecule has 1 saturated heterocycles. The minimum atomic E-state index is -3.63. The van der Waals surface area contributed by atoms with E-state index in [1.807, 2.05) is 6.07 Å². The Morgan fingerprint density at radius 3 is 2.89 bits per heavy atom. The molecule has 0 amide bonds. The van der Waals surface area contributed by atoms with Crippen molar-refractivity contribution in [1.82, 2.24) is 4.31 Å². The van der Waals surface area contributed by atoms with Gasteiger partial charge in [-0.2, -0.15) is 9.57 Å². The van der Waals surface area contributed by atoms with E-state index in [4.69, 9.17) is 15.7 Å². The van der Waals surface area contributed by atoms with E-state index in [0.717, 1.165) is 0 Å². The number of ether oxygens (including phenoxy) is 1. The quantitative estimate of drug-likeness (QED) is 0.804. The fourth-order valence-electron chi connectivity index (χ4n) is 1.74. The van der Waals surface area contributed by atoms with Gasteiger partial charge in [0.15, 0.2) is 6.10 Å². The van der Waals surface area contributed by atoms with Crippen molar-refractivity contribution >= 4 is 31.6 Å². The number of hydrogen-bond acceptors (Lipinski definition) is 5. The molecule has 1 heterocycles. The molecule has 1 atom stereocenters. The number of nitrogens with two attached hydrogens (primary N) is 1. The van der Waals surface area contributed by atoms with E-state index in [0.29, 0.717) is 10.2 Å². The van der Waals surface area contributed by atoms with E-state index in [1.54, 1.807) is 0 Å². The van der Waals surface area contributed by atoms with E-state index in [2.05, 4.69) is 15.9 Å². The minimum Gasteiger partial charge on any atom is -0.398 e. The van der Waals surface area contributed by atoms with Crippen molar-refractivity contribution in [3.63, 3.8) is 0 Å². The first kappa shape index (κ1) is 14.3. The number of nitrogens with zero attached hydrogens (tertiary/aromatic N) is 2. The van der Waals surface area contributed by atoms with Crippen LogP contribution in [-0.4, -0.2) is 38.5 Å². The van der Waals surface area contributed by atoms with Crippen LogP contribution < -0.4 is 5.73 Å². The first-order valence-corrected chi connectivity index (χ1v) is 7.75. The monoisotopic (exact) mass is 345 g/mol. The molecular formula is C11H12BrN3O3S. The molecule has 8 heteroatoms. The van der Waals surface area contributed by atoms with Gasteiger partial charge in [-0.05, 0) is 34.1 Å². The molecule has 0 saturated carbocycles. The summed E-state index contributed by atoms with van der Waals surface area (Å²) in [6.07, 6.45) is -0.722. The molecule has 0 aliphatic carbocycles. The summed E-state index contributed by atoms with van der Waals surface area (Å²) in [7, 11) is -3.63. The van der Waals surface area contributed by atoms with Crippen LogP contribution in [0.15, 0.2) is 27.6 Å². The Hall–Kier alpha value is -1.14. The summed E-state index contributed by atoms with van der Waals surface area (Å²) in [5, 5.41) is 8.81. The number of benzene rings is 1. The van der Waals surface area contributed by atoms with Crippen molar-refractivity contribution < 1.29 is 13.2 Å². The average Bonchev–Trinajstić information content (AvgIpc) is 2.41. The zero-order chi connectivity index (χ0) is 14.0. The first-order valence-electron chi connectivity index (χ1n) is 5.51. The summed E-state index contributed by atoms with van der Waals surface area (Å²) in [5.41, 5.74) is 6.10. The molecule has 2 N–H and O–H groups in total. The molecule has 102 valence electrons. The molecule has 6 nitrogen and oxygen atoms in total. The van der Waals surface area contributed by atoms with Gasteiger partial charge in [0.1, 0.15) is 0 Å². The molecule has 0 bridgehead atoms. The van der Waals surface area contributed by atoms with Gasteiger partial charge in [-0.1, -0.05) is 0 Å². The number of hydrogen-bond donors (Lipinski definition) is 1. The van der Waals surface area contributed by atoms with Gasteiger partial charge in [-0.25, -0.2) is 8.42 Å². The first-order chi connectivity index (χ1) is 8.95. The van der Waals surface area contributed by atoms with Crippen LogP contribution in [0.25, 0.3) is 0 Å². The van der Waals surface area contributed by atoms with E-state index < -0.39 is 16.1 Å². The number of nitrogen functional groups attached to an aromatic ring is 1. The highest BCUT2D eigenvalue weighted by atomic mass is 79.9. The molecule has 1 aliphatic heterocycles. The maximum Gasteiger partial charge on any atom is 0.243 e. The SMILES string of the molecule is N#CC1CN(S(=O)(=O)c2ccc(N)c(Br)c2)CCO1. The van der Waals surface area contributed by atoms with E-state index >= 15 is 0 Å². The highest BCUT2D eigenvalue weighted by Gasteiger charge is 2.30. The maximum absolute atomic E-state index is 12.4. The fourth-order valence-corrected chi connectivity index (χ4v) is 3.72. The predicted molar refractivity (Wildman–Crippen MR) is 72.7 cm³/mol. The standard InChI is InChI=1S/C11H12BrN3O3S/c12-10-5-9(1-2-11(10)14)19(16,17)15-3-4-18-8(6-13)7-15/h1-2,5,8H,3-4,7,14H2. The molecule has 1 fully saturated rings. The molecule has 1 aromatic rings. The molecule has 1 unspecified atom stereocenters. The molecular weight excluding hydrogens is 334 g/mol. The Bertz CT molecular complexity index is 627. The summed E-state index contributed by atoms with van der Waals surface area (Å²) < 4.78 is 31.7. The van der Waals surface area contributed by atoms with Crippen molar-refractivity contribution in [3.05, 3.63) is 22.7 Å². The third-order valence-corrected chi connectivity index (χ3v) is 5.33. The lowest BCUT2D eigenvalue weighted by molar-refractivity contribution is 0.0311. The van der Waals surface area contributed by atoms with E-state index in [1.165, 1.54) is 22.5 Å². The van der Waals surface area contributed by atoms with Crippen LogP contribution in [-0.2, 0) is 14.8 Å². The summed E-state index contributed by atoms with van der Waals surface area (Å²) in [6.45, 7) is 0.497. The van der Waals surface area contributed by atoms with Crippen LogP contribution in [0.5, 0.6) is 0 Å². The lowest BCUT2D eigenvalue weighted by Crippen LogP contribution is -2.45. The van der Waals surface area contributed by atoms with Crippen molar-refractivity contribution in [2.24, 2.45) is 0 Å². The Labute approximate surface area is 119 Å². The van der Waals surface area contributed by atoms with Gasteiger partial charge in [0, 0.05) is 16.7 Å². The van der Waals surface area contributed by atoms with Crippen LogP contribution in [0, 0.1) is 11.3 Å². The van der Waals surface area contributed by atoms with E-state index in [9.17, 15) is 8.42 Å². The minimum absolute atomic E-state index is 0.0425. The molecule has 2 rings (SSSR count). The van der Waals surface area contributed by atoms with Crippen molar-refractivity contribution in [1.29, 1.82) is 5.26 Å². The number of nitriles is 1. The fraction of sp³-hybridized carbons (Fsp3) is 0.364. The molecule has 1 aromatic carbocycles. The number of rotatable bonds is 2. The van der Waals surface area contributed by atoms with Crippen LogP contribution >= 0.6 is 15.9 Å². The van der Waals surface area contributed by atoms with Gasteiger partial charge in [-0.15, -0.1) is 0 Å². The van der Waals surface area contributed by atoms with Gasteiger partial charge >= 0.3 is 0 Å². The highest BCUT2D eigenvalue weighted by Crippen LogP contribution is 2.26. The normalized spacial score (nSPS) is 20.9. The lowest BCUT2D eigenvalue weighted by Gasteiger charge is -2.29. The number of morpholine rings is 1. The molecule has 0 aromatic heterocycles. The second-order valence-electron chi connectivity index (χ2n) is 4.03. The third kappa shape index (κ3) is 2.90. The Kier molecular flexibility index (Phi) is 4.10. The predicted octanol–water partition coefficient (Wildman–Crippen LogP) is 0.944. The Balaban J connectivity index is 2.31. The van der Waals surface area contributed by atoms with Crippen LogP contribution in [0.4, 0.5) is 5.69 Å². The topological polar surface area (TPSA) is 96.4 Å². The van der Waals surface area contributed by atoms with Gasteiger partial charge in [0.25, 0.3) is 0 Å². The second kappa shape index (κ2) is 5.46. The maximum atomic E-state index is 12.4. The highest BCUT2D eigenvalue weighted by molar-refractivity contribution is 9.10. The van der Waals surface area contributed by atoms with Gasteiger partial charge in [0.2, 0.25) is 10.0 Å². The summed E-state index contributed by atoms with van der Waals surface area (Å²) in [5.74, 6) is 0. The summed E-state index contributed by atoms with van der Waals surface area (Å²) in [6, 6.07) is 6.36. The summed E-state index contributed by atoms with van der Waals surface area (Å²) in [4.78, 5) is 0.146. The van der Waals surface area contributed by atoms with Crippen LogP contribution in [0.1, 0.15) is 0 Å². The number of anilines is 1. The Morgan fingerprint density at radius 1 is 1.53 bits per heavy atom. The zero-order valence-corrected chi connectivity index (χ0v) is 12.3. The lowest BCUT2D eigenvalue weighted by atomic mass is 10.3. The van der Waals surface area contributed by atoms with Gasteiger partial charge < -0.3 is 10.5 Å². The molecule has 19 heavy (non-hydrogen) atoms. The second-order valence-corrected chi connectivity index (χ2v) is 6.83. The third-order valence-electron chi connectivity index (χ3n) is 2.78. The van der Waals surface area contributed by atoms with Crippen molar-refractivity contribution in [2.75, 3.05) is 25.4 Å². The Morgan fingerprint density at radius 2 is 2.26 bits per heavy atom. The smallest absolute Gasteiger partial charge is 0.243 e. The average molecular weight is 346 g/mol. The van der Waals surface area contributed by atoms with Crippen molar-refractivity contribution in [2.45, 2.75) is 11.0 Å². The largest absolute Gasteiger partial charge is 0.398 e. The van der Waals surface area contributed by atoms with Crippen LogP contribution in [0.3, 0.4) is 0 Å². The van der Waals surface area contributed by atoms with Gasteiger partial charge in [0.05, 0.1) is 24.1 Å². The number of sulfonamides is 1. The van der Waals surface area contributed by atoms with Crippen molar-refractivity contribution in [3.8, 4) is 6.07 Å². The zero-order valence-electron chi connectivity index (χ0n) is 9.91. The van der Waals surface area contributed by atoms with E-state index in [-0.39, 0.29) is 24.6 Å². The molecule has 0 spiro atoms. The van der Waals surface area contributed by atoms with Gasteiger partial charge in [-0.3, -0.25) is 0 Å². The summed E-state index contributed by atoms with van der Waals surface area (Å²) >= 11 is 3.20. The molecule has 0 radical (unpaired) electrons. The molecule has 1 aliphatic rings. The van der Waals surface area contributed by atoms with Crippen LogP contribution in [0.2, 0.25) is 0 Å².